The second-order valence-corrected chi connectivity index (χ2v) is 6.18. The SMILES string of the molecule is CNCCCCS(=O)(=O)NCc1ccncc1C. The van der Waals surface area contributed by atoms with Gasteiger partial charge in [-0.25, -0.2) is 13.1 Å². The summed E-state index contributed by atoms with van der Waals surface area (Å²) in [4.78, 5) is 3.98. The van der Waals surface area contributed by atoms with E-state index in [2.05, 4.69) is 15.0 Å². The Morgan fingerprint density at radius 2 is 2.11 bits per heavy atom. The lowest BCUT2D eigenvalue weighted by Gasteiger charge is -2.08. The molecule has 1 aromatic rings. The van der Waals surface area contributed by atoms with Crippen LogP contribution in [-0.2, 0) is 16.6 Å². The second-order valence-electron chi connectivity index (χ2n) is 4.25. The number of unbranched alkanes of at least 4 members (excludes halogenated alkanes) is 1. The summed E-state index contributed by atoms with van der Waals surface area (Å²) in [6.07, 6.45) is 4.94. The predicted octanol–water partition coefficient (Wildman–Crippen LogP) is 0.809. The van der Waals surface area contributed by atoms with Crippen LogP contribution in [0.2, 0.25) is 0 Å². The van der Waals surface area contributed by atoms with Gasteiger partial charge >= 0.3 is 0 Å². The molecule has 0 fully saturated rings. The molecule has 2 N–H and O–H groups in total. The van der Waals surface area contributed by atoms with Gasteiger partial charge in [0.2, 0.25) is 10.0 Å². The van der Waals surface area contributed by atoms with Gasteiger partial charge in [-0.05, 0) is 50.6 Å². The molecule has 0 aliphatic carbocycles. The van der Waals surface area contributed by atoms with E-state index < -0.39 is 10.0 Å². The fraction of sp³-hybridized carbons (Fsp3) is 0.583. The van der Waals surface area contributed by atoms with E-state index >= 15 is 0 Å². The molecule has 0 spiro atoms. The van der Waals surface area contributed by atoms with Gasteiger partial charge in [0, 0.05) is 18.9 Å². The Hall–Kier alpha value is -0.980. The molecule has 0 radical (unpaired) electrons. The van der Waals surface area contributed by atoms with Gasteiger partial charge in [-0.2, -0.15) is 0 Å². The third-order valence-electron chi connectivity index (χ3n) is 2.71. The molecular formula is C12H21N3O2S. The van der Waals surface area contributed by atoms with Gasteiger partial charge in [-0.15, -0.1) is 0 Å². The maximum Gasteiger partial charge on any atom is 0.211 e. The Kier molecular flexibility index (Phi) is 6.24. The fourth-order valence-electron chi connectivity index (χ4n) is 1.55. The molecule has 18 heavy (non-hydrogen) atoms. The highest BCUT2D eigenvalue weighted by Crippen LogP contribution is 2.05. The Bertz CT molecular complexity index is 460. The van der Waals surface area contributed by atoms with Gasteiger partial charge in [-0.1, -0.05) is 0 Å². The van der Waals surface area contributed by atoms with Crippen LogP contribution in [0.1, 0.15) is 24.0 Å². The van der Waals surface area contributed by atoms with E-state index in [9.17, 15) is 8.42 Å². The topological polar surface area (TPSA) is 71.1 Å². The summed E-state index contributed by atoms with van der Waals surface area (Å²) in [5.74, 6) is 0.179. The summed E-state index contributed by atoms with van der Waals surface area (Å²) in [5.41, 5.74) is 1.96. The molecule has 1 heterocycles. The van der Waals surface area contributed by atoms with E-state index in [1.807, 2.05) is 20.0 Å². The maximum absolute atomic E-state index is 11.7. The second kappa shape index (κ2) is 7.45. The zero-order chi connectivity index (χ0) is 13.4. The zero-order valence-corrected chi connectivity index (χ0v) is 11.8. The van der Waals surface area contributed by atoms with Crippen LogP contribution < -0.4 is 10.0 Å². The van der Waals surface area contributed by atoms with Crippen molar-refractivity contribution in [2.45, 2.75) is 26.3 Å². The van der Waals surface area contributed by atoms with Crippen LogP contribution in [0, 0.1) is 6.92 Å². The number of aromatic nitrogens is 1. The largest absolute Gasteiger partial charge is 0.320 e. The minimum atomic E-state index is -3.18. The quantitative estimate of drug-likeness (QED) is 0.686. The van der Waals surface area contributed by atoms with Crippen molar-refractivity contribution in [3.05, 3.63) is 29.6 Å². The van der Waals surface area contributed by atoms with Crippen molar-refractivity contribution in [1.29, 1.82) is 0 Å². The van der Waals surface area contributed by atoms with E-state index in [0.717, 1.165) is 24.1 Å². The Labute approximate surface area is 109 Å². The summed E-state index contributed by atoms with van der Waals surface area (Å²) in [7, 11) is -1.32. The number of aryl methyl sites for hydroxylation is 1. The number of hydrogen-bond donors (Lipinski definition) is 2. The van der Waals surface area contributed by atoms with E-state index in [1.165, 1.54) is 0 Å². The molecule has 0 atom stereocenters. The molecule has 0 aromatic carbocycles. The third-order valence-corrected chi connectivity index (χ3v) is 4.12. The lowest BCUT2D eigenvalue weighted by molar-refractivity contribution is 0.575. The lowest BCUT2D eigenvalue weighted by Crippen LogP contribution is -2.26. The van der Waals surface area contributed by atoms with Gasteiger partial charge in [-0.3, -0.25) is 4.98 Å². The van der Waals surface area contributed by atoms with Crippen molar-refractivity contribution in [2.75, 3.05) is 19.3 Å². The highest BCUT2D eigenvalue weighted by atomic mass is 32.2. The summed E-state index contributed by atoms with van der Waals surface area (Å²) >= 11 is 0. The molecule has 0 aliphatic heterocycles. The van der Waals surface area contributed by atoms with Crippen molar-refractivity contribution in [1.82, 2.24) is 15.0 Å². The molecule has 0 saturated carbocycles. The van der Waals surface area contributed by atoms with Gasteiger partial charge < -0.3 is 5.32 Å². The minimum Gasteiger partial charge on any atom is -0.320 e. The van der Waals surface area contributed by atoms with E-state index in [-0.39, 0.29) is 5.75 Å². The van der Waals surface area contributed by atoms with Crippen molar-refractivity contribution >= 4 is 10.0 Å². The van der Waals surface area contributed by atoms with Crippen molar-refractivity contribution in [3.8, 4) is 0 Å². The predicted molar refractivity (Wildman–Crippen MR) is 72.8 cm³/mol. The first-order valence-electron chi connectivity index (χ1n) is 6.06. The molecule has 0 aliphatic rings. The first-order valence-corrected chi connectivity index (χ1v) is 7.72. The number of rotatable bonds is 8. The highest BCUT2D eigenvalue weighted by Gasteiger charge is 2.09. The molecule has 1 aromatic heterocycles. The van der Waals surface area contributed by atoms with Crippen LogP contribution >= 0.6 is 0 Å². The maximum atomic E-state index is 11.7. The first kappa shape index (κ1) is 15.1. The summed E-state index contributed by atoms with van der Waals surface area (Å²) in [6, 6.07) is 1.83. The van der Waals surface area contributed by atoms with E-state index in [1.54, 1.807) is 12.4 Å². The summed E-state index contributed by atoms with van der Waals surface area (Å²) in [5, 5.41) is 3.00. The molecule has 5 nitrogen and oxygen atoms in total. The number of nitrogens with one attached hydrogen (secondary N) is 2. The molecule has 0 saturated heterocycles. The number of sulfonamides is 1. The Morgan fingerprint density at radius 3 is 2.78 bits per heavy atom. The van der Waals surface area contributed by atoms with Gasteiger partial charge in [0.25, 0.3) is 0 Å². The first-order chi connectivity index (χ1) is 8.55. The smallest absolute Gasteiger partial charge is 0.211 e. The normalized spacial score (nSPS) is 11.7. The molecule has 0 unspecified atom stereocenters. The van der Waals surface area contributed by atoms with Gasteiger partial charge in [0.1, 0.15) is 0 Å². The van der Waals surface area contributed by atoms with E-state index in [0.29, 0.717) is 13.0 Å². The molecule has 0 amide bonds. The van der Waals surface area contributed by atoms with Gasteiger partial charge in [0.15, 0.2) is 0 Å². The number of nitrogens with zero attached hydrogens (tertiary/aromatic N) is 1. The van der Waals surface area contributed by atoms with Crippen molar-refractivity contribution in [3.63, 3.8) is 0 Å². The molecule has 6 heteroatoms. The number of pyridine rings is 1. The standard InChI is InChI=1S/C12H21N3O2S/c1-11-9-14-7-5-12(11)10-15-18(16,17)8-4-3-6-13-2/h5,7,9,13,15H,3-4,6,8,10H2,1-2H3. The highest BCUT2D eigenvalue weighted by molar-refractivity contribution is 7.89. The van der Waals surface area contributed by atoms with Crippen molar-refractivity contribution in [2.24, 2.45) is 0 Å². The summed E-state index contributed by atoms with van der Waals surface area (Å²) < 4.78 is 26.1. The molecule has 1 rings (SSSR count). The van der Waals surface area contributed by atoms with Gasteiger partial charge in [0.05, 0.1) is 5.75 Å². The van der Waals surface area contributed by atoms with Crippen LogP contribution in [0.5, 0.6) is 0 Å². The molecule has 0 bridgehead atoms. The monoisotopic (exact) mass is 271 g/mol. The third kappa shape index (κ3) is 5.57. The van der Waals surface area contributed by atoms with Crippen molar-refractivity contribution < 1.29 is 8.42 Å². The molecule has 102 valence electrons. The van der Waals surface area contributed by atoms with Crippen LogP contribution in [-0.4, -0.2) is 32.7 Å². The Balaban J connectivity index is 2.40. The lowest BCUT2D eigenvalue weighted by atomic mass is 10.2. The number of hydrogen-bond acceptors (Lipinski definition) is 4. The van der Waals surface area contributed by atoms with Crippen LogP contribution in [0.4, 0.5) is 0 Å². The van der Waals surface area contributed by atoms with Crippen LogP contribution in [0.3, 0.4) is 0 Å². The van der Waals surface area contributed by atoms with Crippen LogP contribution in [0.15, 0.2) is 18.5 Å². The fourth-order valence-corrected chi connectivity index (χ4v) is 2.66. The summed E-state index contributed by atoms with van der Waals surface area (Å²) in [6.45, 7) is 3.10. The van der Waals surface area contributed by atoms with E-state index in [4.69, 9.17) is 0 Å². The zero-order valence-electron chi connectivity index (χ0n) is 10.9. The average Bonchev–Trinajstić information content (AvgIpc) is 2.34. The minimum absolute atomic E-state index is 0.179. The molecular weight excluding hydrogens is 250 g/mol. The Morgan fingerprint density at radius 1 is 1.33 bits per heavy atom. The average molecular weight is 271 g/mol. The van der Waals surface area contributed by atoms with Crippen LogP contribution in [0.25, 0.3) is 0 Å².